The van der Waals surface area contributed by atoms with E-state index in [-0.39, 0.29) is 6.04 Å². The third kappa shape index (κ3) is 4.42. The highest BCUT2D eigenvalue weighted by Crippen LogP contribution is 2.29. The van der Waals surface area contributed by atoms with E-state index in [1.807, 2.05) is 25.1 Å². The molecular formula is C20H27NO3. The monoisotopic (exact) mass is 329 g/mol. The number of rotatable bonds is 8. The van der Waals surface area contributed by atoms with Crippen molar-refractivity contribution in [1.29, 1.82) is 0 Å². The normalized spacial score (nSPS) is 11.9. The molecule has 0 aromatic heterocycles. The van der Waals surface area contributed by atoms with Gasteiger partial charge in [0.1, 0.15) is 5.75 Å². The Morgan fingerprint density at radius 2 is 1.67 bits per heavy atom. The van der Waals surface area contributed by atoms with Crippen LogP contribution in [0.3, 0.4) is 0 Å². The van der Waals surface area contributed by atoms with Crippen molar-refractivity contribution in [2.75, 3.05) is 20.8 Å². The van der Waals surface area contributed by atoms with Crippen LogP contribution >= 0.6 is 0 Å². The number of benzene rings is 2. The summed E-state index contributed by atoms with van der Waals surface area (Å²) >= 11 is 0. The predicted molar refractivity (Wildman–Crippen MR) is 97.1 cm³/mol. The zero-order valence-electron chi connectivity index (χ0n) is 15.2. The smallest absolute Gasteiger partial charge is 0.161 e. The maximum atomic E-state index is 5.64. The van der Waals surface area contributed by atoms with Crippen LogP contribution in [-0.4, -0.2) is 20.8 Å². The molecule has 2 aromatic rings. The van der Waals surface area contributed by atoms with Crippen molar-refractivity contribution in [3.05, 3.63) is 53.1 Å². The summed E-state index contributed by atoms with van der Waals surface area (Å²) in [6.45, 7) is 7.56. The van der Waals surface area contributed by atoms with E-state index < -0.39 is 0 Å². The minimum atomic E-state index is 0.178. The molecule has 0 radical (unpaired) electrons. The van der Waals surface area contributed by atoms with E-state index in [0.717, 1.165) is 34.9 Å². The van der Waals surface area contributed by atoms with Crippen LogP contribution in [0.15, 0.2) is 36.4 Å². The molecule has 2 aromatic carbocycles. The van der Waals surface area contributed by atoms with Gasteiger partial charge < -0.3 is 19.5 Å². The summed E-state index contributed by atoms with van der Waals surface area (Å²) in [6, 6.07) is 12.4. The first-order chi connectivity index (χ1) is 11.6. The first kappa shape index (κ1) is 18.1. The molecule has 2 rings (SSSR count). The lowest BCUT2D eigenvalue weighted by molar-refractivity contribution is 0.310. The molecule has 0 bridgehead atoms. The van der Waals surface area contributed by atoms with Gasteiger partial charge in [-0.15, -0.1) is 0 Å². The maximum absolute atomic E-state index is 5.64. The average Bonchev–Trinajstić information content (AvgIpc) is 2.60. The number of ether oxygens (including phenoxy) is 3. The second kappa shape index (κ2) is 8.60. The fourth-order valence-electron chi connectivity index (χ4n) is 2.67. The molecule has 4 heteroatoms. The fraction of sp³-hybridized carbons (Fsp3) is 0.400. The van der Waals surface area contributed by atoms with Crippen LogP contribution in [0.1, 0.15) is 36.6 Å². The van der Waals surface area contributed by atoms with Crippen LogP contribution in [0.25, 0.3) is 0 Å². The SMILES string of the molecule is CCOc1cc(CNC(C)c2cc(C)ccc2OC)ccc1OC. The van der Waals surface area contributed by atoms with Crippen LogP contribution in [-0.2, 0) is 6.54 Å². The van der Waals surface area contributed by atoms with E-state index in [2.05, 4.69) is 37.4 Å². The molecule has 1 unspecified atom stereocenters. The van der Waals surface area contributed by atoms with Crippen LogP contribution in [0, 0.1) is 6.92 Å². The van der Waals surface area contributed by atoms with Gasteiger partial charge in [-0.05, 0) is 44.5 Å². The lowest BCUT2D eigenvalue weighted by Crippen LogP contribution is -2.19. The van der Waals surface area contributed by atoms with Crippen molar-refractivity contribution in [2.24, 2.45) is 0 Å². The van der Waals surface area contributed by atoms with Crippen molar-refractivity contribution in [1.82, 2.24) is 5.32 Å². The minimum Gasteiger partial charge on any atom is -0.496 e. The van der Waals surface area contributed by atoms with Gasteiger partial charge >= 0.3 is 0 Å². The fourth-order valence-corrected chi connectivity index (χ4v) is 2.67. The first-order valence-corrected chi connectivity index (χ1v) is 8.26. The van der Waals surface area contributed by atoms with Gasteiger partial charge in [-0.1, -0.05) is 23.8 Å². The number of hydrogen-bond donors (Lipinski definition) is 1. The van der Waals surface area contributed by atoms with Gasteiger partial charge in [0, 0.05) is 18.2 Å². The Bertz CT molecular complexity index is 670. The van der Waals surface area contributed by atoms with Gasteiger partial charge in [0.2, 0.25) is 0 Å². The lowest BCUT2D eigenvalue weighted by Gasteiger charge is -2.18. The second-order valence-corrected chi connectivity index (χ2v) is 5.77. The Morgan fingerprint density at radius 1 is 0.958 bits per heavy atom. The first-order valence-electron chi connectivity index (χ1n) is 8.26. The topological polar surface area (TPSA) is 39.7 Å². The standard InChI is InChI=1S/C20H27NO3/c1-6-24-20-12-16(8-10-19(20)23-5)13-21-15(3)17-11-14(2)7-9-18(17)22-4/h7-12,15,21H,6,13H2,1-5H3. The van der Waals surface area contributed by atoms with Crippen molar-refractivity contribution < 1.29 is 14.2 Å². The van der Waals surface area contributed by atoms with Crippen LogP contribution in [0.5, 0.6) is 17.2 Å². The van der Waals surface area contributed by atoms with E-state index in [4.69, 9.17) is 14.2 Å². The van der Waals surface area contributed by atoms with E-state index in [1.165, 1.54) is 5.56 Å². The largest absolute Gasteiger partial charge is 0.496 e. The molecule has 1 atom stereocenters. The summed E-state index contributed by atoms with van der Waals surface area (Å²) in [5.74, 6) is 2.44. The Kier molecular flexibility index (Phi) is 6.50. The van der Waals surface area contributed by atoms with Gasteiger partial charge in [0.25, 0.3) is 0 Å². The molecule has 0 aliphatic heterocycles. The number of methoxy groups -OCH3 is 2. The molecule has 0 saturated carbocycles. The number of hydrogen-bond acceptors (Lipinski definition) is 4. The van der Waals surface area contributed by atoms with Gasteiger partial charge in [-0.2, -0.15) is 0 Å². The Labute approximate surface area is 144 Å². The highest BCUT2D eigenvalue weighted by atomic mass is 16.5. The molecule has 0 saturated heterocycles. The summed E-state index contributed by atoms with van der Waals surface area (Å²) < 4.78 is 16.4. The maximum Gasteiger partial charge on any atom is 0.161 e. The Morgan fingerprint density at radius 3 is 2.33 bits per heavy atom. The van der Waals surface area contributed by atoms with E-state index >= 15 is 0 Å². The molecule has 0 aliphatic rings. The van der Waals surface area contributed by atoms with Gasteiger partial charge in [0.15, 0.2) is 11.5 Å². The molecule has 4 nitrogen and oxygen atoms in total. The highest BCUT2D eigenvalue weighted by molar-refractivity contribution is 5.43. The van der Waals surface area contributed by atoms with Gasteiger partial charge in [0.05, 0.1) is 20.8 Å². The van der Waals surface area contributed by atoms with Crippen LogP contribution in [0.2, 0.25) is 0 Å². The van der Waals surface area contributed by atoms with Crippen molar-refractivity contribution in [3.8, 4) is 17.2 Å². The molecular weight excluding hydrogens is 302 g/mol. The van der Waals surface area contributed by atoms with Gasteiger partial charge in [-0.25, -0.2) is 0 Å². The molecule has 0 amide bonds. The van der Waals surface area contributed by atoms with Crippen molar-refractivity contribution in [3.63, 3.8) is 0 Å². The van der Waals surface area contributed by atoms with E-state index in [1.54, 1.807) is 14.2 Å². The molecule has 130 valence electrons. The van der Waals surface area contributed by atoms with Crippen LogP contribution < -0.4 is 19.5 Å². The van der Waals surface area contributed by atoms with Crippen molar-refractivity contribution >= 4 is 0 Å². The molecule has 0 heterocycles. The molecule has 0 aliphatic carbocycles. The van der Waals surface area contributed by atoms with Crippen LogP contribution in [0.4, 0.5) is 0 Å². The Hall–Kier alpha value is -2.20. The zero-order chi connectivity index (χ0) is 17.5. The quantitative estimate of drug-likeness (QED) is 0.785. The summed E-state index contributed by atoms with van der Waals surface area (Å²) in [5, 5.41) is 3.55. The number of aryl methyl sites for hydroxylation is 1. The Balaban J connectivity index is 2.10. The summed E-state index contributed by atoms with van der Waals surface area (Å²) in [7, 11) is 3.36. The zero-order valence-corrected chi connectivity index (χ0v) is 15.2. The van der Waals surface area contributed by atoms with E-state index in [0.29, 0.717) is 6.61 Å². The van der Waals surface area contributed by atoms with Crippen molar-refractivity contribution in [2.45, 2.75) is 33.4 Å². The summed E-state index contributed by atoms with van der Waals surface area (Å²) in [6.07, 6.45) is 0. The third-order valence-corrected chi connectivity index (χ3v) is 3.99. The summed E-state index contributed by atoms with van der Waals surface area (Å²) in [5.41, 5.74) is 3.54. The van der Waals surface area contributed by atoms with E-state index in [9.17, 15) is 0 Å². The lowest BCUT2D eigenvalue weighted by atomic mass is 10.0. The third-order valence-electron chi connectivity index (χ3n) is 3.99. The molecule has 24 heavy (non-hydrogen) atoms. The summed E-state index contributed by atoms with van der Waals surface area (Å²) in [4.78, 5) is 0. The molecule has 0 spiro atoms. The highest BCUT2D eigenvalue weighted by Gasteiger charge is 2.12. The average molecular weight is 329 g/mol. The van der Waals surface area contributed by atoms with Gasteiger partial charge in [-0.3, -0.25) is 0 Å². The predicted octanol–water partition coefficient (Wildman–Crippen LogP) is 4.26. The molecule has 0 fully saturated rings. The second-order valence-electron chi connectivity index (χ2n) is 5.77. The minimum absolute atomic E-state index is 0.178. The number of nitrogens with one attached hydrogen (secondary N) is 1. The molecule has 1 N–H and O–H groups in total.